The van der Waals surface area contributed by atoms with Gasteiger partial charge in [-0.05, 0) is 56.3 Å². The Morgan fingerprint density at radius 1 is 1.11 bits per heavy atom. The predicted molar refractivity (Wildman–Crippen MR) is 69.2 cm³/mol. The first kappa shape index (κ1) is 11.4. The summed E-state index contributed by atoms with van der Waals surface area (Å²) in [6, 6.07) is 0. The van der Waals surface area contributed by atoms with Gasteiger partial charge < -0.3 is 14.8 Å². The molecule has 0 radical (unpaired) electrons. The van der Waals surface area contributed by atoms with Crippen LogP contribution in [0.1, 0.15) is 48.9 Å². The molecular weight excluding hydrogens is 242 g/mol. The number of rotatable bonds is 2. The van der Waals surface area contributed by atoms with Crippen molar-refractivity contribution in [2.75, 3.05) is 0 Å². The second kappa shape index (κ2) is 3.56. The number of aromatic nitrogens is 1. The largest absolute Gasteiger partial charge is 0.505 e. The van der Waals surface area contributed by atoms with Crippen molar-refractivity contribution in [1.82, 2.24) is 4.57 Å². The highest BCUT2D eigenvalue weighted by molar-refractivity contribution is 5.90. The fourth-order valence-corrected chi connectivity index (χ4v) is 5.26. The van der Waals surface area contributed by atoms with Gasteiger partial charge in [-0.15, -0.1) is 0 Å². The quantitative estimate of drug-likeness (QED) is 0.860. The van der Waals surface area contributed by atoms with Crippen LogP contribution in [0.4, 0.5) is 0 Å². The van der Waals surface area contributed by atoms with Gasteiger partial charge in [0.25, 0.3) is 0 Å². The predicted octanol–water partition coefficient (Wildman–Crippen LogP) is 2.82. The molecule has 0 atom stereocenters. The van der Waals surface area contributed by atoms with E-state index in [0.29, 0.717) is 0 Å². The van der Waals surface area contributed by atoms with Crippen LogP contribution in [0.25, 0.3) is 0 Å². The smallest absolute Gasteiger partial charge is 0.341 e. The van der Waals surface area contributed by atoms with Gasteiger partial charge in [0.15, 0.2) is 0 Å². The van der Waals surface area contributed by atoms with E-state index in [0.717, 1.165) is 37.0 Å². The van der Waals surface area contributed by atoms with E-state index in [4.69, 9.17) is 5.11 Å². The maximum Gasteiger partial charge on any atom is 0.341 e. The summed E-state index contributed by atoms with van der Waals surface area (Å²) in [5.74, 6) is 1.29. The molecule has 2 N–H and O–H groups in total. The van der Waals surface area contributed by atoms with Crippen LogP contribution < -0.4 is 0 Å². The molecule has 1 heterocycles. The highest BCUT2D eigenvalue weighted by Gasteiger charge is 2.51. The van der Waals surface area contributed by atoms with Crippen LogP contribution in [0.2, 0.25) is 0 Å². The van der Waals surface area contributed by atoms with Crippen molar-refractivity contribution in [2.45, 2.75) is 44.1 Å². The Morgan fingerprint density at radius 2 is 1.63 bits per heavy atom. The minimum Gasteiger partial charge on any atom is -0.505 e. The van der Waals surface area contributed by atoms with Gasteiger partial charge in [-0.1, -0.05) is 0 Å². The minimum atomic E-state index is -1.04. The highest BCUT2D eigenvalue weighted by atomic mass is 16.4. The third kappa shape index (κ3) is 1.55. The molecule has 4 saturated carbocycles. The van der Waals surface area contributed by atoms with Crippen molar-refractivity contribution in [3.05, 3.63) is 18.0 Å². The molecule has 1 aromatic heterocycles. The molecule has 0 amide bonds. The van der Waals surface area contributed by atoms with Crippen LogP contribution in [0.3, 0.4) is 0 Å². The average Bonchev–Trinajstić information content (AvgIpc) is 2.70. The lowest BCUT2D eigenvalue weighted by atomic mass is 9.53. The Bertz CT molecular complexity index is 510. The van der Waals surface area contributed by atoms with E-state index in [2.05, 4.69) is 0 Å². The Hall–Kier alpha value is -1.45. The lowest BCUT2D eigenvalue weighted by Gasteiger charge is -2.57. The SMILES string of the molecule is O=C(O)c1cn(C23CC4CC(CC(C4)C2)C3)cc1O. The molecule has 0 aliphatic heterocycles. The maximum atomic E-state index is 11.1. The Labute approximate surface area is 112 Å². The van der Waals surface area contributed by atoms with Crippen molar-refractivity contribution in [2.24, 2.45) is 17.8 Å². The number of carbonyl (C=O) groups is 1. The van der Waals surface area contributed by atoms with E-state index in [-0.39, 0.29) is 16.9 Å². The number of aromatic hydroxyl groups is 1. The first-order valence-electron chi connectivity index (χ1n) is 7.20. The normalized spacial score (nSPS) is 39.7. The maximum absolute atomic E-state index is 11.1. The van der Waals surface area contributed by atoms with Crippen molar-refractivity contribution in [1.29, 1.82) is 0 Å². The van der Waals surface area contributed by atoms with Crippen molar-refractivity contribution >= 4 is 5.97 Å². The van der Waals surface area contributed by atoms with Crippen LogP contribution in [0.5, 0.6) is 5.75 Å². The zero-order valence-corrected chi connectivity index (χ0v) is 10.9. The van der Waals surface area contributed by atoms with E-state index in [1.54, 1.807) is 12.4 Å². The summed E-state index contributed by atoms with van der Waals surface area (Å²) in [6.45, 7) is 0. The molecule has 0 aromatic carbocycles. The second-order valence-electron chi connectivity index (χ2n) is 6.91. The molecule has 0 spiro atoms. The van der Waals surface area contributed by atoms with Crippen LogP contribution in [-0.2, 0) is 5.54 Å². The zero-order chi connectivity index (χ0) is 13.2. The van der Waals surface area contributed by atoms with Crippen LogP contribution >= 0.6 is 0 Å². The summed E-state index contributed by atoms with van der Waals surface area (Å²) in [5, 5.41) is 18.9. The monoisotopic (exact) mass is 261 g/mol. The summed E-state index contributed by atoms with van der Waals surface area (Å²) in [7, 11) is 0. The van der Waals surface area contributed by atoms with Gasteiger partial charge in [0.1, 0.15) is 11.3 Å². The molecule has 4 nitrogen and oxygen atoms in total. The van der Waals surface area contributed by atoms with Crippen LogP contribution in [0.15, 0.2) is 12.4 Å². The van der Waals surface area contributed by atoms with Crippen LogP contribution in [0, 0.1) is 17.8 Å². The average molecular weight is 261 g/mol. The Kier molecular flexibility index (Phi) is 2.13. The fraction of sp³-hybridized carbons (Fsp3) is 0.667. The van der Waals surface area contributed by atoms with Gasteiger partial charge in [-0.2, -0.15) is 0 Å². The molecule has 4 fully saturated rings. The van der Waals surface area contributed by atoms with Gasteiger partial charge in [0.2, 0.25) is 0 Å². The van der Waals surface area contributed by atoms with Crippen molar-refractivity contribution < 1.29 is 15.0 Å². The molecule has 4 bridgehead atoms. The first-order valence-corrected chi connectivity index (χ1v) is 7.20. The molecule has 102 valence electrons. The Balaban J connectivity index is 1.75. The number of carboxylic acid groups (broad SMARTS) is 1. The number of hydrogen-bond donors (Lipinski definition) is 2. The summed E-state index contributed by atoms with van der Waals surface area (Å²) in [5.41, 5.74) is 0.121. The van der Waals surface area contributed by atoms with Gasteiger partial charge >= 0.3 is 5.97 Å². The molecule has 0 unspecified atom stereocenters. The van der Waals surface area contributed by atoms with E-state index in [9.17, 15) is 9.90 Å². The number of nitrogens with zero attached hydrogens (tertiary/aromatic N) is 1. The van der Waals surface area contributed by atoms with Gasteiger partial charge in [-0.3, -0.25) is 0 Å². The Morgan fingerprint density at radius 3 is 2.05 bits per heavy atom. The second-order valence-corrected chi connectivity index (χ2v) is 6.91. The van der Waals surface area contributed by atoms with E-state index in [1.165, 1.54) is 19.3 Å². The van der Waals surface area contributed by atoms with Gasteiger partial charge in [-0.25, -0.2) is 4.79 Å². The van der Waals surface area contributed by atoms with E-state index in [1.807, 2.05) is 4.57 Å². The third-order valence-corrected chi connectivity index (χ3v) is 5.59. The molecule has 4 aliphatic rings. The molecule has 4 heteroatoms. The standard InChI is InChI=1S/C15H19NO3/c17-13-8-16(7-12(13)14(18)19)15-4-9-1-10(5-15)3-11(2-9)6-15/h7-11,17H,1-6H2,(H,18,19). The number of aromatic carboxylic acids is 1. The lowest BCUT2D eigenvalue weighted by molar-refractivity contribution is -0.0430. The summed E-state index contributed by atoms with van der Waals surface area (Å²) < 4.78 is 2.02. The molecule has 5 rings (SSSR count). The lowest BCUT2D eigenvalue weighted by Crippen LogP contribution is -2.51. The molecule has 0 saturated heterocycles. The zero-order valence-electron chi connectivity index (χ0n) is 10.9. The number of carboxylic acids is 1. The summed E-state index contributed by atoms with van der Waals surface area (Å²) >= 11 is 0. The highest BCUT2D eigenvalue weighted by Crippen LogP contribution is 2.59. The molecule has 19 heavy (non-hydrogen) atoms. The fourth-order valence-electron chi connectivity index (χ4n) is 5.26. The third-order valence-electron chi connectivity index (χ3n) is 5.59. The molecular formula is C15H19NO3. The van der Waals surface area contributed by atoms with Gasteiger partial charge in [0, 0.05) is 17.9 Å². The van der Waals surface area contributed by atoms with Crippen LogP contribution in [-0.4, -0.2) is 20.7 Å². The van der Waals surface area contributed by atoms with E-state index >= 15 is 0 Å². The summed E-state index contributed by atoms with van der Waals surface area (Å²) in [4.78, 5) is 11.1. The summed E-state index contributed by atoms with van der Waals surface area (Å²) in [6.07, 6.45) is 10.8. The van der Waals surface area contributed by atoms with Gasteiger partial charge in [0.05, 0.1) is 0 Å². The topological polar surface area (TPSA) is 62.5 Å². The molecule has 1 aromatic rings. The van der Waals surface area contributed by atoms with Crippen molar-refractivity contribution in [3.63, 3.8) is 0 Å². The number of hydrogen-bond acceptors (Lipinski definition) is 2. The first-order chi connectivity index (χ1) is 9.06. The minimum absolute atomic E-state index is 0.0377. The van der Waals surface area contributed by atoms with E-state index < -0.39 is 5.97 Å². The van der Waals surface area contributed by atoms with Crippen molar-refractivity contribution in [3.8, 4) is 5.75 Å². The molecule has 4 aliphatic carbocycles.